The molecule has 0 aromatic heterocycles. The second-order valence-corrected chi connectivity index (χ2v) is 5.97. The van der Waals surface area contributed by atoms with Gasteiger partial charge in [-0.25, -0.2) is 4.99 Å². The van der Waals surface area contributed by atoms with E-state index >= 15 is 0 Å². The first-order valence-electron chi connectivity index (χ1n) is 8.54. The summed E-state index contributed by atoms with van der Waals surface area (Å²) < 4.78 is 0. The van der Waals surface area contributed by atoms with E-state index in [0.717, 1.165) is 30.9 Å². The summed E-state index contributed by atoms with van der Waals surface area (Å²) in [4.78, 5) is 6.81. The molecular weight excluding hydrogens is 423 g/mol. The van der Waals surface area contributed by atoms with Crippen molar-refractivity contribution in [1.82, 2.24) is 4.90 Å². The van der Waals surface area contributed by atoms with Crippen molar-refractivity contribution in [1.29, 1.82) is 0 Å². The maximum Gasteiger partial charge on any atom is 0.193 e. The molecule has 4 nitrogen and oxygen atoms in total. The van der Waals surface area contributed by atoms with Crippen molar-refractivity contribution in [3.8, 4) is 0 Å². The second-order valence-electron chi connectivity index (χ2n) is 5.97. The van der Waals surface area contributed by atoms with Gasteiger partial charge in [0.25, 0.3) is 0 Å². The summed E-state index contributed by atoms with van der Waals surface area (Å²) in [5.41, 5.74) is 10.6. The van der Waals surface area contributed by atoms with Crippen LogP contribution in [-0.4, -0.2) is 23.9 Å². The van der Waals surface area contributed by atoms with E-state index < -0.39 is 0 Å². The third-order valence-electron chi connectivity index (χ3n) is 4.05. The molecule has 3 N–H and O–H groups in total. The Labute approximate surface area is 168 Å². The molecule has 0 amide bonds. The molecule has 0 heterocycles. The zero-order chi connectivity index (χ0) is 17.4. The quantitative estimate of drug-likeness (QED) is 0.373. The molecule has 0 saturated carbocycles. The molecule has 136 valence electrons. The van der Waals surface area contributed by atoms with Crippen molar-refractivity contribution in [2.45, 2.75) is 33.9 Å². The predicted octanol–water partition coefficient (Wildman–Crippen LogP) is 4.38. The zero-order valence-electron chi connectivity index (χ0n) is 15.3. The van der Waals surface area contributed by atoms with Crippen LogP contribution in [0.5, 0.6) is 0 Å². The molecule has 0 fully saturated rings. The number of aryl methyl sites for hydroxylation is 1. The summed E-state index contributed by atoms with van der Waals surface area (Å²) in [7, 11) is 0. The highest BCUT2D eigenvalue weighted by Crippen LogP contribution is 2.10. The minimum absolute atomic E-state index is 0. The van der Waals surface area contributed by atoms with Crippen molar-refractivity contribution in [2.75, 3.05) is 18.4 Å². The van der Waals surface area contributed by atoms with Gasteiger partial charge >= 0.3 is 0 Å². The predicted molar refractivity (Wildman–Crippen MR) is 119 cm³/mol. The normalized spacial score (nSPS) is 11.3. The number of rotatable bonds is 7. The summed E-state index contributed by atoms with van der Waals surface area (Å²) in [6.07, 6.45) is 0. The number of nitrogens with zero attached hydrogens (tertiary/aromatic N) is 2. The van der Waals surface area contributed by atoms with E-state index in [-0.39, 0.29) is 24.0 Å². The number of hydrogen-bond acceptors (Lipinski definition) is 2. The molecule has 0 unspecified atom stereocenters. The van der Waals surface area contributed by atoms with Crippen LogP contribution in [0.4, 0.5) is 5.69 Å². The van der Waals surface area contributed by atoms with E-state index in [2.05, 4.69) is 66.3 Å². The molecule has 0 radical (unpaired) electrons. The van der Waals surface area contributed by atoms with Crippen molar-refractivity contribution < 1.29 is 0 Å². The van der Waals surface area contributed by atoms with E-state index in [9.17, 15) is 0 Å². The van der Waals surface area contributed by atoms with Gasteiger partial charge in [0.2, 0.25) is 0 Å². The summed E-state index contributed by atoms with van der Waals surface area (Å²) in [5, 5.41) is 3.13. The molecule has 0 bridgehead atoms. The van der Waals surface area contributed by atoms with Gasteiger partial charge in [-0.15, -0.1) is 24.0 Å². The summed E-state index contributed by atoms with van der Waals surface area (Å²) in [6, 6.07) is 16.7. The Morgan fingerprint density at radius 3 is 2.28 bits per heavy atom. The van der Waals surface area contributed by atoms with Gasteiger partial charge in [0.05, 0.1) is 6.54 Å². The van der Waals surface area contributed by atoms with Crippen LogP contribution in [0.25, 0.3) is 0 Å². The summed E-state index contributed by atoms with van der Waals surface area (Å²) >= 11 is 0. The van der Waals surface area contributed by atoms with Crippen molar-refractivity contribution in [2.24, 2.45) is 10.7 Å². The SMILES string of the molecule is CCN(CC)Cc1ccc(CN=C(N)Nc2cccc(C)c2)cc1.I. The highest BCUT2D eigenvalue weighted by atomic mass is 127. The monoisotopic (exact) mass is 452 g/mol. The lowest BCUT2D eigenvalue weighted by atomic mass is 10.1. The summed E-state index contributed by atoms with van der Waals surface area (Å²) in [6.45, 7) is 10.2. The number of anilines is 1. The lowest BCUT2D eigenvalue weighted by Crippen LogP contribution is -2.22. The van der Waals surface area contributed by atoms with E-state index in [4.69, 9.17) is 5.73 Å². The fourth-order valence-corrected chi connectivity index (χ4v) is 2.54. The van der Waals surface area contributed by atoms with Gasteiger partial charge in [-0.3, -0.25) is 4.90 Å². The van der Waals surface area contributed by atoms with Crippen LogP contribution in [0.1, 0.15) is 30.5 Å². The Bertz CT molecular complexity index is 664. The molecule has 2 aromatic carbocycles. The first-order chi connectivity index (χ1) is 11.6. The maximum absolute atomic E-state index is 5.97. The first kappa shape index (κ1) is 21.4. The van der Waals surface area contributed by atoms with Crippen molar-refractivity contribution in [3.05, 3.63) is 65.2 Å². The van der Waals surface area contributed by atoms with Crippen LogP contribution >= 0.6 is 24.0 Å². The Morgan fingerprint density at radius 1 is 1.04 bits per heavy atom. The molecule has 0 spiro atoms. The average molecular weight is 452 g/mol. The first-order valence-corrected chi connectivity index (χ1v) is 8.54. The molecule has 5 heteroatoms. The maximum atomic E-state index is 5.97. The number of hydrogen-bond donors (Lipinski definition) is 2. The van der Waals surface area contributed by atoms with Gasteiger partial charge in [0.1, 0.15) is 0 Å². The highest BCUT2D eigenvalue weighted by Gasteiger charge is 2.01. The molecule has 0 aliphatic heterocycles. The number of aliphatic imine (C=N–C) groups is 1. The molecule has 2 rings (SSSR count). The number of halogens is 1. The van der Waals surface area contributed by atoms with E-state index in [1.165, 1.54) is 11.1 Å². The Balaban J connectivity index is 0.00000312. The lowest BCUT2D eigenvalue weighted by molar-refractivity contribution is 0.296. The minimum Gasteiger partial charge on any atom is -0.370 e. The fourth-order valence-electron chi connectivity index (χ4n) is 2.54. The molecule has 0 aliphatic carbocycles. The van der Waals surface area contributed by atoms with Crippen LogP contribution in [0, 0.1) is 6.92 Å². The summed E-state index contributed by atoms with van der Waals surface area (Å²) in [5.74, 6) is 0.438. The third-order valence-corrected chi connectivity index (χ3v) is 4.05. The standard InChI is InChI=1S/C20H28N4.HI/c1-4-24(5-2)15-18-11-9-17(10-12-18)14-22-20(21)23-19-8-6-7-16(3)13-19;/h6-13H,4-5,14-15H2,1-3H3,(H3,21,22,23);1H. The fraction of sp³-hybridized carbons (Fsp3) is 0.350. The number of nitrogens with one attached hydrogen (secondary N) is 1. The van der Waals surface area contributed by atoms with Gasteiger partial charge in [-0.1, -0.05) is 50.2 Å². The van der Waals surface area contributed by atoms with Gasteiger partial charge in [0, 0.05) is 12.2 Å². The van der Waals surface area contributed by atoms with E-state index in [1.54, 1.807) is 0 Å². The van der Waals surface area contributed by atoms with Gasteiger partial charge in [-0.2, -0.15) is 0 Å². The van der Waals surface area contributed by atoms with Crippen LogP contribution < -0.4 is 11.1 Å². The van der Waals surface area contributed by atoms with E-state index in [0.29, 0.717) is 12.5 Å². The van der Waals surface area contributed by atoms with Crippen molar-refractivity contribution >= 4 is 35.6 Å². The molecule has 0 aliphatic rings. The van der Waals surface area contributed by atoms with Crippen molar-refractivity contribution in [3.63, 3.8) is 0 Å². The minimum atomic E-state index is 0. The molecular formula is C20H29IN4. The van der Waals surface area contributed by atoms with Crippen LogP contribution in [0.3, 0.4) is 0 Å². The number of benzene rings is 2. The Morgan fingerprint density at radius 2 is 1.68 bits per heavy atom. The molecule has 2 aromatic rings. The average Bonchev–Trinajstić information content (AvgIpc) is 2.59. The zero-order valence-corrected chi connectivity index (χ0v) is 17.7. The van der Waals surface area contributed by atoms with Gasteiger partial charge < -0.3 is 11.1 Å². The number of guanidine groups is 1. The van der Waals surface area contributed by atoms with Crippen LogP contribution in [0.15, 0.2) is 53.5 Å². The molecule has 0 atom stereocenters. The van der Waals surface area contributed by atoms with Crippen LogP contribution in [0.2, 0.25) is 0 Å². The van der Waals surface area contributed by atoms with Gasteiger partial charge in [-0.05, 0) is 48.8 Å². The van der Waals surface area contributed by atoms with E-state index in [1.807, 2.05) is 18.2 Å². The smallest absolute Gasteiger partial charge is 0.193 e. The highest BCUT2D eigenvalue weighted by molar-refractivity contribution is 14.0. The third kappa shape index (κ3) is 7.44. The second kappa shape index (κ2) is 11.1. The largest absolute Gasteiger partial charge is 0.370 e. The molecule has 25 heavy (non-hydrogen) atoms. The molecule has 0 saturated heterocycles. The Kier molecular flexibility index (Phi) is 9.52. The lowest BCUT2D eigenvalue weighted by Gasteiger charge is -2.17. The van der Waals surface area contributed by atoms with Gasteiger partial charge in [0.15, 0.2) is 5.96 Å². The Hall–Kier alpha value is -1.60. The van der Waals surface area contributed by atoms with Crippen LogP contribution in [-0.2, 0) is 13.1 Å². The number of nitrogens with two attached hydrogens (primary N) is 1. The topological polar surface area (TPSA) is 53.6 Å².